The maximum atomic E-state index is 13.1. The molecule has 23 heavy (non-hydrogen) atoms. The minimum absolute atomic E-state index is 0.00501. The number of aliphatic hydroxyl groups excluding tert-OH is 1. The highest BCUT2D eigenvalue weighted by Crippen LogP contribution is 2.34. The van der Waals surface area contributed by atoms with Crippen LogP contribution in [-0.4, -0.2) is 31.1 Å². The van der Waals surface area contributed by atoms with Crippen molar-refractivity contribution < 1.29 is 23.0 Å². The summed E-state index contributed by atoms with van der Waals surface area (Å²) in [7, 11) is 1.42. The van der Waals surface area contributed by atoms with E-state index in [4.69, 9.17) is 4.74 Å². The van der Waals surface area contributed by atoms with Crippen LogP contribution < -0.4 is 4.74 Å². The lowest BCUT2D eigenvalue weighted by atomic mass is 9.98. The summed E-state index contributed by atoms with van der Waals surface area (Å²) >= 11 is 0. The van der Waals surface area contributed by atoms with Gasteiger partial charge in [0.1, 0.15) is 5.75 Å². The van der Waals surface area contributed by atoms with Crippen LogP contribution in [0.15, 0.2) is 23.2 Å². The third-order valence-corrected chi connectivity index (χ3v) is 3.67. The van der Waals surface area contributed by atoms with Gasteiger partial charge in [-0.05, 0) is 31.5 Å². The first-order valence-electron chi connectivity index (χ1n) is 7.73. The highest BCUT2D eigenvalue weighted by atomic mass is 19.4. The number of aliphatic imine (C=N–C) groups is 1. The fourth-order valence-corrected chi connectivity index (χ4v) is 2.26. The van der Waals surface area contributed by atoms with Crippen LogP contribution in [0.4, 0.5) is 13.2 Å². The van der Waals surface area contributed by atoms with Gasteiger partial charge in [0.05, 0.1) is 18.3 Å². The molecule has 0 amide bonds. The van der Waals surface area contributed by atoms with Crippen LogP contribution >= 0.6 is 0 Å². The first-order chi connectivity index (χ1) is 10.8. The van der Waals surface area contributed by atoms with Gasteiger partial charge in [-0.3, -0.25) is 4.99 Å². The topological polar surface area (TPSA) is 41.8 Å². The van der Waals surface area contributed by atoms with Crippen molar-refractivity contribution in [2.45, 2.75) is 45.4 Å². The Morgan fingerprint density at radius 2 is 2.04 bits per heavy atom. The maximum Gasteiger partial charge on any atom is 0.417 e. The Kier molecular flexibility index (Phi) is 7.55. The average molecular weight is 331 g/mol. The normalized spacial score (nSPS) is 14.9. The molecule has 2 atom stereocenters. The molecule has 1 rings (SSSR count). The van der Waals surface area contributed by atoms with Gasteiger partial charge in [0.15, 0.2) is 0 Å². The average Bonchev–Trinajstić information content (AvgIpc) is 2.47. The minimum atomic E-state index is -4.47. The van der Waals surface area contributed by atoms with Crippen molar-refractivity contribution in [3.8, 4) is 5.75 Å². The summed E-state index contributed by atoms with van der Waals surface area (Å²) in [5.41, 5.74) is -0.770. The fourth-order valence-electron chi connectivity index (χ4n) is 2.26. The van der Waals surface area contributed by atoms with Gasteiger partial charge < -0.3 is 9.84 Å². The maximum absolute atomic E-state index is 13.1. The Labute approximate surface area is 135 Å². The second kappa shape index (κ2) is 8.91. The number of ether oxygens (including phenoxy) is 1. The van der Waals surface area contributed by atoms with E-state index in [1.165, 1.54) is 25.4 Å². The molecule has 0 fully saturated rings. The lowest BCUT2D eigenvalue weighted by molar-refractivity contribution is -0.137. The van der Waals surface area contributed by atoms with Gasteiger partial charge in [-0.2, -0.15) is 13.2 Å². The number of rotatable bonds is 8. The van der Waals surface area contributed by atoms with Gasteiger partial charge in [-0.25, -0.2) is 0 Å². The number of halogens is 3. The summed E-state index contributed by atoms with van der Waals surface area (Å²) in [5.74, 6) is 0.0499. The molecule has 0 heterocycles. The quantitative estimate of drug-likeness (QED) is 0.721. The molecule has 1 N–H and O–H groups in total. The lowest BCUT2D eigenvalue weighted by Crippen LogP contribution is -2.24. The molecule has 130 valence electrons. The lowest BCUT2D eigenvalue weighted by Gasteiger charge is -2.21. The molecular weight excluding hydrogens is 307 g/mol. The third-order valence-electron chi connectivity index (χ3n) is 3.67. The fraction of sp³-hybridized carbons (Fsp3) is 0.588. The monoisotopic (exact) mass is 331 g/mol. The summed E-state index contributed by atoms with van der Waals surface area (Å²) in [6.07, 6.45) is -1.14. The van der Waals surface area contributed by atoms with Gasteiger partial charge in [0.2, 0.25) is 0 Å². The van der Waals surface area contributed by atoms with Crippen molar-refractivity contribution in [3.05, 3.63) is 29.3 Å². The van der Waals surface area contributed by atoms with Crippen molar-refractivity contribution in [2.75, 3.05) is 13.7 Å². The summed E-state index contributed by atoms with van der Waals surface area (Å²) < 4.78 is 44.8. The Morgan fingerprint density at radius 1 is 1.35 bits per heavy atom. The van der Waals surface area contributed by atoms with Gasteiger partial charge in [0, 0.05) is 24.7 Å². The van der Waals surface area contributed by atoms with Crippen molar-refractivity contribution >= 4 is 6.21 Å². The predicted molar refractivity (Wildman–Crippen MR) is 85.2 cm³/mol. The van der Waals surface area contributed by atoms with Crippen LogP contribution in [0.5, 0.6) is 5.75 Å². The number of hydrogen-bond acceptors (Lipinski definition) is 3. The van der Waals surface area contributed by atoms with Crippen LogP contribution in [0, 0.1) is 5.92 Å². The van der Waals surface area contributed by atoms with Crippen LogP contribution in [-0.2, 0) is 6.18 Å². The summed E-state index contributed by atoms with van der Waals surface area (Å²) in [6.45, 7) is 3.91. The van der Waals surface area contributed by atoms with E-state index in [0.717, 1.165) is 25.3 Å². The van der Waals surface area contributed by atoms with Gasteiger partial charge in [-0.15, -0.1) is 0 Å². The Balaban J connectivity index is 2.88. The first-order valence-corrected chi connectivity index (χ1v) is 7.73. The van der Waals surface area contributed by atoms with Crippen LogP contribution in [0.25, 0.3) is 0 Å². The molecule has 1 aromatic rings. The smallest absolute Gasteiger partial charge is 0.417 e. The van der Waals surface area contributed by atoms with Crippen LogP contribution in [0.1, 0.15) is 44.2 Å². The number of aliphatic hydroxyl groups is 1. The van der Waals surface area contributed by atoms with Crippen LogP contribution in [0.2, 0.25) is 0 Å². The molecule has 0 saturated carbocycles. The van der Waals surface area contributed by atoms with E-state index < -0.39 is 17.8 Å². The molecule has 1 aromatic carbocycles. The van der Waals surface area contributed by atoms with Crippen molar-refractivity contribution in [1.29, 1.82) is 0 Å². The zero-order valence-corrected chi connectivity index (χ0v) is 13.7. The minimum Gasteiger partial charge on any atom is -0.493 e. The van der Waals surface area contributed by atoms with Crippen molar-refractivity contribution in [1.82, 2.24) is 0 Å². The number of hydrogen-bond donors (Lipinski definition) is 1. The van der Waals surface area contributed by atoms with E-state index >= 15 is 0 Å². The molecular formula is C17H24F3NO2. The number of unbranched alkanes of at least 4 members (excludes halogenated alkanes) is 1. The molecule has 2 unspecified atom stereocenters. The van der Waals surface area contributed by atoms with Gasteiger partial charge >= 0.3 is 6.18 Å². The number of benzene rings is 1. The largest absolute Gasteiger partial charge is 0.493 e. The Hall–Kier alpha value is -1.56. The molecule has 0 aromatic heterocycles. The molecule has 0 aliphatic carbocycles. The standard InChI is InChI=1S/C17H24F3NO2/c1-4-5-6-14(12(2)22)11-23-15-8-7-13(10-21-3)16(9-15)17(18,19)20/h7-10,12,14,22H,4-6,11H2,1-3H3. The highest BCUT2D eigenvalue weighted by molar-refractivity contribution is 5.82. The van der Waals surface area contributed by atoms with Gasteiger partial charge in [-0.1, -0.05) is 19.8 Å². The van der Waals surface area contributed by atoms with E-state index in [9.17, 15) is 18.3 Å². The van der Waals surface area contributed by atoms with E-state index in [-0.39, 0.29) is 23.8 Å². The second-order valence-corrected chi connectivity index (χ2v) is 5.59. The molecule has 0 aliphatic rings. The first kappa shape index (κ1) is 19.5. The molecule has 0 radical (unpaired) electrons. The third kappa shape index (κ3) is 6.22. The highest BCUT2D eigenvalue weighted by Gasteiger charge is 2.33. The SMILES string of the molecule is CCCCC(COc1ccc(C=NC)c(C(F)(F)F)c1)C(C)O. The molecule has 0 aliphatic heterocycles. The zero-order chi connectivity index (χ0) is 17.5. The predicted octanol–water partition coefficient (Wildman–Crippen LogP) is 4.32. The van der Waals surface area contributed by atoms with Crippen LogP contribution in [0.3, 0.4) is 0 Å². The zero-order valence-electron chi connectivity index (χ0n) is 13.7. The summed E-state index contributed by atoms with van der Waals surface area (Å²) in [6, 6.07) is 3.82. The van der Waals surface area contributed by atoms with Crippen molar-refractivity contribution in [2.24, 2.45) is 10.9 Å². The molecule has 0 spiro atoms. The molecule has 3 nitrogen and oxygen atoms in total. The summed E-state index contributed by atoms with van der Waals surface area (Å²) in [4.78, 5) is 3.64. The number of nitrogens with zero attached hydrogens (tertiary/aromatic N) is 1. The van der Waals surface area contributed by atoms with E-state index in [2.05, 4.69) is 4.99 Å². The van der Waals surface area contributed by atoms with Gasteiger partial charge in [0.25, 0.3) is 0 Å². The van der Waals surface area contributed by atoms with E-state index in [0.29, 0.717) is 0 Å². The molecule has 0 bridgehead atoms. The Bertz CT molecular complexity index is 513. The Morgan fingerprint density at radius 3 is 2.57 bits per heavy atom. The molecule has 0 saturated heterocycles. The van der Waals surface area contributed by atoms with Crippen molar-refractivity contribution in [3.63, 3.8) is 0 Å². The second-order valence-electron chi connectivity index (χ2n) is 5.59. The number of alkyl halides is 3. The van der Waals surface area contributed by atoms with E-state index in [1.807, 2.05) is 6.92 Å². The molecule has 6 heteroatoms. The van der Waals surface area contributed by atoms with E-state index in [1.54, 1.807) is 6.92 Å². The summed E-state index contributed by atoms with van der Waals surface area (Å²) in [5, 5.41) is 9.74.